The average molecular weight is 466 g/mol. The monoisotopic (exact) mass is 466 g/mol. The van der Waals surface area contributed by atoms with E-state index in [-0.39, 0.29) is 23.4 Å². The molecular weight excluding hydrogens is 448 g/mol. The maximum atomic E-state index is 13.4. The van der Waals surface area contributed by atoms with Crippen LogP contribution in [0.5, 0.6) is 5.75 Å². The summed E-state index contributed by atoms with van der Waals surface area (Å²) in [6.07, 6.45) is -8.99. The van der Waals surface area contributed by atoms with E-state index in [1.807, 2.05) is 6.92 Å². The third-order valence-corrected chi connectivity index (χ3v) is 4.78. The van der Waals surface area contributed by atoms with Gasteiger partial charge in [-0.05, 0) is 30.3 Å². The fourth-order valence-electron chi connectivity index (χ4n) is 3.17. The minimum Gasteiger partial charge on any atom is -0.486 e. The number of aromatic amines is 1. The van der Waals surface area contributed by atoms with Crippen LogP contribution in [0.2, 0.25) is 0 Å². The smallest absolute Gasteiger partial charge is 0.456 e. The summed E-state index contributed by atoms with van der Waals surface area (Å²) < 4.78 is 108. The Bertz CT molecular complexity index is 1090. The lowest BCUT2D eigenvalue weighted by molar-refractivity contribution is -0.289. The number of hydrogen-bond donors (Lipinski definition) is 2. The Morgan fingerprint density at radius 1 is 0.969 bits per heavy atom. The highest BCUT2D eigenvalue weighted by molar-refractivity contribution is 5.98. The second kappa shape index (κ2) is 8.61. The van der Waals surface area contributed by atoms with Gasteiger partial charge in [0.15, 0.2) is 6.61 Å². The van der Waals surface area contributed by atoms with Crippen molar-refractivity contribution in [1.82, 2.24) is 10.3 Å². The summed E-state index contributed by atoms with van der Waals surface area (Å²) in [5, 5.41) is 3.35. The Balaban J connectivity index is 2.09. The Morgan fingerprint density at radius 3 is 2.31 bits per heavy atom. The van der Waals surface area contributed by atoms with Gasteiger partial charge in [0.1, 0.15) is 5.75 Å². The number of nitrogens with one attached hydrogen (secondary N) is 2. The van der Waals surface area contributed by atoms with Gasteiger partial charge in [-0.2, -0.15) is 35.1 Å². The van der Waals surface area contributed by atoms with E-state index in [0.717, 1.165) is 12.1 Å². The lowest BCUT2D eigenvalue weighted by atomic mass is 9.97. The number of alkyl halides is 8. The predicted molar refractivity (Wildman–Crippen MR) is 103 cm³/mol. The molecule has 3 rings (SSSR count). The van der Waals surface area contributed by atoms with Crippen LogP contribution in [-0.2, 0) is 12.7 Å². The third-order valence-electron chi connectivity index (χ3n) is 4.78. The molecule has 0 saturated heterocycles. The molecule has 0 aliphatic carbocycles. The molecule has 0 radical (unpaired) electrons. The maximum absolute atomic E-state index is 13.4. The molecule has 32 heavy (non-hydrogen) atoms. The highest BCUT2D eigenvalue weighted by Crippen LogP contribution is 2.41. The number of benzene rings is 2. The third kappa shape index (κ3) is 4.82. The van der Waals surface area contributed by atoms with Gasteiger partial charge in [0.05, 0.1) is 5.56 Å². The van der Waals surface area contributed by atoms with E-state index in [1.54, 1.807) is 6.07 Å². The summed E-state index contributed by atoms with van der Waals surface area (Å²) in [5.41, 5.74) is 0.269. The standard InChI is InChI=1S/C21H18F8N2O/c1-2-30-9-12-4-3-5-17(32-11-19(22,23)21(27,28)29)18(12)15-10-31-16-8-13(20(24,25)26)6-7-14(15)16/h3-8,10,30-31H,2,9,11H2,1H3. The van der Waals surface area contributed by atoms with Gasteiger partial charge in [-0.25, -0.2) is 0 Å². The summed E-state index contributed by atoms with van der Waals surface area (Å²) in [6, 6.07) is 7.26. The summed E-state index contributed by atoms with van der Waals surface area (Å²) in [5.74, 6) is -5.32. The molecule has 174 valence electrons. The molecule has 1 heterocycles. The number of hydrogen-bond acceptors (Lipinski definition) is 2. The zero-order valence-electron chi connectivity index (χ0n) is 16.6. The molecule has 0 aliphatic rings. The minimum absolute atomic E-state index is 0.125. The number of ether oxygens (including phenoxy) is 1. The molecule has 3 aromatic rings. The van der Waals surface area contributed by atoms with Crippen LogP contribution in [0.3, 0.4) is 0 Å². The fraction of sp³-hybridized carbons (Fsp3) is 0.333. The first-order chi connectivity index (χ1) is 14.8. The van der Waals surface area contributed by atoms with Gasteiger partial charge in [-0.15, -0.1) is 0 Å². The van der Waals surface area contributed by atoms with Crippen LogP contribution in [0.25, 0.3) is 22.0 Å². The SMILES string of the molecule is CCNCc1cccc(OCC(F)(F)C(F)(F)F)c1-c1c[nH]c2cc(C(F)(F)F)ccc12. The van der Waals surface area contributed by atoms with Crippen LogP contribution in [0.4, 0.5) is 35.1 Å². The first-order valence-corrected chi connectivity index (χ1v) is 9.44. The molecule has 2 N–H and O–H groups in total. The van der Waals surface area contributed by atoms with Gasteiger partial charge >= 0.3 is 18.3 Å². The number of fused-ring (bicyclic) bond motifs is 1. The van der Waals surface area contributed by atoms with Crippen LogP contribution < -0.4 is 10.1 Å². The fourth-order valence-corrected chi connectivity index (χ4v) is 3.17. The van der Waals surface area contributed by atoms with Crippen molar-refractivity contribution in [3.63, 3.8) is 0 Å². The van der Waals surface area contributed by atoms with Crippen molar-refractivity contribution < 1.29 is 39.9 Å². The Morgan fingerprint density at radius 2 is 1.69 bits per heavy atom. The Hall–Kier alpha value is -2.82. The van der Waals surface area contributed by atoms with E-state index in [2.05, 4.69) is 10.3 Å². The lowest BCUT2D eigenvalue weighted by Gasteiger charge is -2.22. The molecule has 0 atom stereocenters. The van der Waals surface area contributed by atoms with Crippen molar-refractivity contribution in [3.8, 4) is 16.9 Å². The van der Waals surface area contributed by atoms with Crippen molar-refractivity contribution in [2.75, 3.05) is 13.2 Å². The first kappa shape index (κ1) is 23.8. The largest absolute Gasteiger partial charge is 0.486 e. The normalized spacial score (nSPS) is 13.0. The maximum Gasteiger partial charge on any atom is 0.456 e. The molecular formula is C21H18F8N2O. The molecule has 0 saturated carbocycles. The van der Waals surface area contributed by atoms with Crippen molar-refractivity contribution in [1.29, 1.82) is 0 Å². The Labute approximate surface area is 177 Å². The lowest BCUT2D eigenvalue weighted by Crippen LogP contribution is -2.41. The summed E-state index contributed by atoms with van der Waals surface area (Å²) in [7, 11) is 0. The van der Waals surface area contributed by atoms with Gasteiger partial charge in [0, 0.05) is 34.8 Å². The number of aromatic nitrogens is 1. The molecule has 0 fully saturated rings. The topological polar surface area (TPSA) is 37.0 Å². The van der Waals surface area contributed by atoms with Crippen molar-refractivity contribution in [2.45, 2.75) is 31.7 Å². The van der Waals surface area contributed by atoms with E-state index >= 15 is 0 Å². The van der Waals surface area contributed by atoms with E-state index in [4.69, 9.17) is 4.74 Å². The van der Waals surface area contributed by atoms with E-state index in [0.29, 0.717) is 23.1 Å². The number of halogens is 8. The predicted octanol–water partition coefficient (Wildman–Crippen LogP) is 6.54. The first-order valence-electron chi connectivity index (χ1n) is 9.44. The van der Waals surface area contributed by atoms with Crippen LogP contribution in [0.15, 0.2) is 42.6 Å². The van der Waals surface area contributed by atoms with Gasteiger partial charge < -0.3 is 15.0 Å². The average Bonchev–Trinajstić information content (AvgIpc) is 3.12. The zero-order valence-corrected chi connectivity index (χ0v) is 16.6. The molecule has 11 heteroatoms. The molecule has 1 aromatic heterocycles. The molecule has 0 bridgehead atoms. The quantitative estimate of drug-likeness (QED) is 0.388. The molecule has 3 nitrogen and oxygen atoms in total. The van der Waals surface area contributed by atoms with E-state index in [1.165, 1.54) is 24.4 Å². The van der Waals surface area contributed by atoms with Crippen molar-refractivity contribution in [2.24, 2.45) is 0 Å². The van der Waals surface area contributed by atoms with Crippen LogP contribution in [-0.4, -0.2) is 30.2 Å². The molecule has 0 aliphatic heterocycles. The van der Waals surface area contributed by atoms with Gasteiger partial charge in [0.2, 0.25) is 0 Å². The van der Waals surface area contributed by atoms with Crippen LogP contribution >= 0.6 is 0 Å². The molecule has 2 aromatic carbocycles. The van der Waals surface area contributed by atoms with Crippen molar-refractivity contribution >= 4 is 10.9 Å². The van der Waals surface area contributed by atoms with E-state index < -0.39 is 30.4 Å². The highest BCUT2D eigenvalue weighted by atomic mass is 19.4. The second-order valence-electron chi connectivity index (χ2n) is 7.02. The molecule has 0 amide bonds. The second-order valence-corrected chi connectivity index (χ2v) is 7.02. The Kier molecular flexibility index (Phi) is 6.41. The summed E-state index contributed by atoms with van der Waals surface area (Å²) >= 11 is 0. The number of rotatable bonds is 7. The highest BCUT2D eigenvalue weighted by Gasteiger charge is 2.58. The summed E-state index contributed by atoms with van der Waals surface area (Å²) in [6.45, 7) is 0.647. The van der Waals surface area contributed by atoms with Gasteiger partial charge in [0.25, 0.3) is 0 Å². The summed E-state index contributed by atoms with van der Waals surface area (Å²) in [4.78, 5) is 2.70. The molecule has 0 spiro atoms. The van der Waals surface area contributed by atoms with Crippen molar-refractivity contribution in [3.05, 3.63) is 53.7 Å². The van der Waals surface area contributed by atoms with Gasteiger partial charge in [-0.1, -0.05) is 25.1 Å². The van der Waals surface area contributed by atoms with Gasteiger partial charge in [-0.3, -0.25) is 0 Å². The number of H-pyrrole nitrogens is 1. The van der Waals surface area contributed by atoms with Crippen LogP contribution in [0, 0.1) is 0 Å². The minimum atomic E-state index is -5.79. The van der Waals surface area contributed by atoms with Crippen LogP contribution in [0.1, 0.15) is 18.1 Å². The zero-order chi connectivity index (χ0) is 23.7. The van der Waals surface area contributed by atoms with E-state index in [9.17, 15) is 35.1 Å². The molecule has 0 unspecified atom stereocenters.